The molecule has 0 aromatic carbocycles. The van der Waals surface area contributed by atoms with Crippen LogP contribution in [0.5, 0.6) is 0 Å². The third-order valence-electron chi connectivity index (χ3n) is 10.5. The minimum Gasteiger partial charge on any atom is -0.462 e. The van der Waals surface area contributed by atoms with Crippen molar-refractivity contribution in [2.45, 2.75) is 238 Å². The maximum atomic E-state index is 12.8. The molecule has 0 aromatic heterocycles. The van der Waals surface area contributed by atoms with E-state index in [0.717, 1.165) is 109 Å². The number of aliphatic hydroxyl groups excluding tert-OH is 1. The highest BCUT2D eigenvalue weighted by molar-refractivity contribution is 7.47. The number of allylic oxidation sites excluding steroid dienone is 6. The molecule has 0 saturated heterocycles. The zero-order valence-corrected chi connectivity index (χ0v) is 40.5. The number of phosphoric ester groups is 1. The summed E-state index contributed by atoms with van der Waals surface area (Å²) >= 11 is 0. The van der Waals surface area contributed by atoms with E-state index in [1.807, 2.05) is 0 Å². The van der Waals surface area contributed by atoms with Crippen LogP contribution in [0.4, 0.5) is 0 Å². The Morgan fingerprint density at radius 1 is 0.452 bits per heavy atom. The number of hydrogen-bond donors (Lipinski definition) is 2. The minimum atomic E-state index is -4.73. The maximum absolute atomic E-state index is 12.8. The van der Waals surface area contributed by atoms with E-state index in [4.69, 9.17) is 23.3 Å². The Morgan fingerprint density at radius 3 is 1.32 bits per heavy atom. The summed E-state index contributed by atoms with van der Waals surface area (Å²) in [6.07, 6.45) is 42.6. The zero-order valence-electron chi connectivity index (χ0n) is 39.6. The summed E-state index contributed by atoms with van der Waals surface area (Å²) in [7, 11) is -4.73. The van der Waals surface area contributed by atoms with Gasteiger partial charge in [0.05, 0.1) is 19.8 Å². The van der Waals surface area contributed by atoms with Gasteiger partial charge in [0.2, 0.25) is 0 Å². The van der Waals surface area contributed by atoms with Gasteiger partial charge in [-0.2, -0.15) is 0 Å². The molecular formula is C50H91O11P. The van der Waals surface area contributed by atoms with E-state index in [9.17, 15) is 28.9 Å². The molecule has 3 atom stereocenters. The van der Waals surface area contributed by atoms with Crippen LogP contribution in [0, 0.1) is 0 Å². The zero-order chi connectivity index (χ0) is 45.6. The number of carbonyl (C=O) groups excluding carboxylic acids is 3. The number of hydrogen-bond acceptors (Lipinski definition) is 10. The number of carbonyl (C=O) groups is 3. The Bertz CT molecular complexity index is 1190. The highest BCUT2D eigenvalue weighted by atomic mass is 31.2. The molecule has 0 amide bonds. The molecule has 12 heteroatoms. The number of unbranched alkanes of at least 4 members (excludes halogenated alkanes) is 23. The van der Waals surface area contributed by atoms with E-state index in [0.29, 0.717) is 19.3 Å². The van der Waals surface area contributed by atoms with Crippen molar-refractivity contribution < 1.29 is 52.2 Å². The highest BCUT2D eigenvalue weighted by Gasteiger charge is 2.28. The summed E-state index contributed by atoms with van der Waals surface area (Å²) in [5.41, 5.74) is 0. The Balaban J connectivity index is 4.76. The Labute approximate surface area is 378 Å². The number of rotatable bonds is 46. The van der Waals surface area contributed by atoms with Crippen molar-refractivity contribution in [1.29, 1.82) is 0 Å². The number of aliphatic hydroxyl groups is 1. The molecule has 362 valence electrons. The summed E-state index contributed by atoms with van der Waals surface area (Å²) in [6, 6.07) is 0. The average molecular weight is 899 g/mol. The van der Waals surface area contributed by atoms with Crippen molar-refractivity contribution in [2.75, 3.05) is 26.4 Å². The number of esters is 3. The normalized spacial score (nSPS) is 13.8. The van der Waals surface area contributed by atoms with Crippen LogP contribution in [-0.2, 0) is 42.2 Å². The molecule has 0 heterocycles. The van der Waals surface area contributed by atoms with Gasteiger partial charge < -0.3 is 24.2 Å². The summed E-state index contributed by atoms with van der Waals surface area (Å²) in [4.78, 5) is 48.1. The van der Waals surface area contributed by atoms with E-state index in [2.05, 4.69) is 57.2 Å². The smallest absolute Gasteiger partial charge is 0.462 e. The fourth-order valence-corrected chi connectivity index (χ4v) is 7.45. The van der Waals surface area contributed by atoms with Crippen molar-refractivity contribution in [3.8, 4) is 0 Å². The van der Waals surface area contributed by atoms with Crippen molar-refractivity contribution in [2.24, 2.45) is 0 Å². The first-order chi connectivity index (χ1) is 30.2. The van der Waals surface area contributed by atoms with Crippen molar-refractivity contribution >= 4 is 25.7 Å². The van der Waals surface area contributed by atoms with Gasteiger partial charge in [-0.25, -0.2) is 4.57 Å². The van der Waals surface area contributed by atoms with E-state index >= 15 is 0 Å². The van der Waals surface area contributed by atoms with Crippen LogP contribution in [-0.4, -0.2) is 66.5 Å². The lowest BCUT2D eigenvalue weighted by molar-refractivity contribution is -0.161. The van der Waals surface area contributed by atoms with Crippen LogP contribution in [0.3, 0.4) is 0 Å². The first-order valence-corrected chi connectivity index (χ1v) is 26.4. The van der Waals surface area contributed by atoms with E-state index in [-0.39, 0.29) is 25.9 Å². The Kier molecular flexibility index (Phi) is 43.6. The molecule has 62 heavy (non-hydrogen) atoms. The second-order valence-corrected chi connectivity index (χ2v) is 18.1. The molecule has 0 aliphatic rings. The SMILES string of the molecule is CCC/C=C\C/C=C\CCCCCCCC(=O)OC(COC(=O)CCCCCCCCCCCCC)COP(=O)(O)OCC(CO)OC(=O)CCCCCCC/C=C\CCCC. The molecule has 0 aromatic rings. The molecule has 0 spiro atoms. The molecule has 3 unspecified atom stereocenters. The first-order valence-electron chi connectivity index (χ1n) is 24.9. The Hall–Kier alpha value is -2.30. The third kappa shape index (κ3) is 43.0. The van der Waals surface area contributed by atoms with Crippen LogP contribution in [0.1, 0.15) is 226 Å². The lowest BCUT2D eigenvalue weighted by Crippen LogP contribution is -2.30. The highest BCUT2D eigenvalue weighted by Crippen LogP contribution is 2.43. The minimum absolute atomic E-state index is 0.154. The molecule has 0 saturated carbocycles. The Morgan fingerprint density at radius 2 is 0.839 bits per heavy atom. The van der Waals surface area contributed by atoms with Crippen molar-refractivity contribution in [3.05, 3.63) is 36.5 Å². The predicted molar refractivity (Wildman–Crippen MR) is 252 cm³/mol. The maximum Gasteiger partial charge on any atom is 0.472 e. The van der Waals surface area contributed by atoms with Gasteiger partial charge in [0.1, 0.15) is 12.7 Å². The van der Waals surface area contributed by atoms with Crippen LogP contribution >= 0.6 is 7.82 Å². The van der Waals surface area contributed by atoms with Crippen molar-refractivity contribution in [1.82, 2.24) is 0 Å². The summed E-state index contributed by atoms with van der Waals surface area (Å²) in [6.45, 7) is 4.49. The molecule has 11 nitrogen and oxygen atoms in total. The average Bonchev–Trinajstić information content (AvgIpc) is 3.25. The van der Waals surface area contributed by atoms with Crippen LogP contribution in [0.2, 0.25) is 0 Å². The molecule has 0 bridgehead atoms. The number of ether oxygens (including phenoxy) is 3. The lowest BCUT2D eigenvalue weighted by Gasteiger charge is -2.21. The second-order valence-electron chi connectivity index (χ2n) is 16.6. The quantitative estimate of drug-likeness (QED) is 0.0197. The van der Waals surface area contributed by atoms with Crippen LogP contribution < -0.4 is 0 Å². The summed E-state index contributed by atoms with van der Waals surface area (Å²) in [5.74, 6) is -1.48. The fourth-order valence-electron chi connectivity index (χ4n) is 6.67. The molecule has 0 fully saturated rings. The van der Waals surface area contributed by atoms with Gasteiger partial charge in [0, 0.05) is 19.3 Å². The largest absolute Gasteiger partial charge is 0.472 e. The molecule has 0 radical (unpaired) electrons. The van der Waals surface area contributed by atoms with Crippen LogP contribution in [0.15, 0.2) is 36.5 Å². The second kappa shape index (κ2) is 45.3. The lowest BCUT2D eigenvalue weighted by atomic mass is 10.1. The predicted octanol–water partition coefficient (Wildman–Crippen LogP) is 13.7. The van der Waals surface area contributed by atoms with Gasteiger partial charge in [-0.3, -0.25) is 23.4 Å². The molecular weight excluding hydrogens is 808 g/mol. The van der Waals surface area contributed by atoms with E-state index in [1.165, 1.54) is 57.8 Å². The standard InChI is InChI=1S/C50H91O11P/c1-4-7-10-13-16-19-22-23-26-29-32-35-38-41-50(54)61-47(43-57-48(52)39-36-33-30-27-24-20-17-14-11-8-5-2)45-59-62(55,56)58-44-46(42-51)60-49(53)40-37-34-31-28-25-21-18-15-12-9-6-3/h10,13,15,18-19,22,46-47,51H,4-9,11-12,14,16-17,20-21,23-45H2,1-3H3,(H,55,56)/b13-10-,18-15-,22-19-. The van der Waals surface area contributed by atoms with Gasteiger partial charge in [0.15, 0.2) is 6.10 Å². The molecule has 2 N–H and O–H groups in total. The summed E-state index contributed by atoms with van der Waals surface area (Å²) in [5, 5.41) is 9.74. The molecule has 0 aliphatic heterocycles. The fraction of sp³-hybridized carbons (Fsp3) is 0.820. The third-order valence-corrected chi connectivity index (χ3v) is 11.5. The summed E-state index contributed by atoms with van der Waals surface area (Å²) < 4.78 is 39.2. The van der Waals surface area contributed by atoms with Crippen molar-refractivity contribution in [3.63, 3.8) is 0 Å². The monoisotopic (exact) mass is 899 g/mol. The van der Waals surface area contributed by atoms with Gasteiger partial charge in [-0.15, -0.1) is 0 Å². The van der Waals surface area contributed by atoms with E-state index < -0.39 is 57.8 Å². The molecule has 0 aliphatic carbocycles. The molecule has 0 rings (SSSR count). The van der Waals surface area contributed by atoms with Gasteiger partial charge >= 0.3 is 25.7 Å². The van der Waals surface area contributed by atoms with Gasteiger partial charge in [-0.1, -0.05) is 179 Å². The van der Waals surface area contributed by atoms with Gasteiger partial charge in [0.25, 0.3) is 0 Å². The van der Waals surface area contributed by atoms with Crippen LogP contribution in [0.25, 0.3) is 0 Å². The topological polar surface area (TPSA) is 155 Å². The van der Waals surface area contributed by atoms with Gasteiger partial charge in [-0.05, 0) is 64.2 Å². The van der Waals surface area contributed by atoms with E-state index in [1.54, 1.807) is 0 Å². The first kappa shape index (κ1) is 59.7. The number of phosphoric acid groups is 1.